The first-order chi connectivity index (χ1) is 7.45. The lowest BCUT2D eigenvalue weighted by Gasteiger charge is -2.26. The summed E-state index contributed by atoms with van der Waals surface area (Å²) in [5.74, 6) is 0. The van der Waals surface area contributed by atoms with Crippen molar-refractivity contribution in [1.29, 1.82) is 0 Å². The summed E-state index contributed by atoms with van der Waals surface area (Å²) >= 11 is 1.76. The fourth-order valence-corrected chi connectivity index (χ4v) is 2.34. The monoisotopic (exact) mass is 226 g/mol. The van der Waals surface area contributed by atoms with Crippen LogP contribution in [0.3, 0.4) is 0 Å². The normalized spacial score (nSPS) is 18.1. The van der Waals surface area contributed by atoms with E-state index in [-0.39, 0.29) is 0 Å². The number of nitrogens with zero attached hydrogens (tertiary/aromatic N) is 1. The summed E-state index contributed by atoms with van der Waals surface area (Å²) in [4.78, 5) is 3.76. The van der Waals surface area contributed by atoms with Crippen LogP contribution in [-0.4, -0.2) is 44.2 Å². The quantitative estimate of drug-likeness (QED) is 0.763. The van der Waals surface area contributed by atoms with Gasteiger partial charge in [0, 0.05) is 37.6 Å². The molecule has 0 atom stereocenters. The second-order valence-electron chi connectivity index (χ2n) is 3.72. The molecular formula is C11H18N2OS. The van der Waals surface area contributed by atoms with Crippen LogP contribution in [0.15, 0.2) is 17.5 Å². The molecule has 0 saturated carbocycles. The number of piperazine rings is 1. The highest BCUT2D eigenvalue weighted by Crippen LogP contribution is 2.09. The zero-order chi connectivity index (χ0) is 10.3. The number of ether oxygens (including phenoxy) is 1. The fraction of sp³-hybridized carbons (Fsp3) is 0.636. The molecule has 1 aliphatic heterocycles. The highest BCUT2D eigenvalue weighted by molar-refractivity contribution is 7.09. The van der Waals surface area contributed by atoms with Crippen molar-refractivity contribution in [3.63, 3.8) is 0 Å². The summed E-state index contributed by atoms with van der Waals surface area (Å²) < 4.78 is 5.63. The topological polar surface area (TPSA) is 24.5 Å². The Kier molecular flexibility index (Phi) is 4.60. The van der Waals surface area contributed by atoms with Gasteiger partial charge in [0.15, 0.2) is 0 Å². The maximum Gasteiger partial charge on any atom is 0.0809 e. The van der Waals surface area contributed by atoms with Gasteiger partial charge in [-0.15, -0.1) is 11.3 Å². The van der Waals surface area contributed by atoms with Gasteiger partial charge in [-0.1, -0.05) is 6.07 Å². The van der Waals surface area contributed by atoms with E-state index in [0.29, 0.717) is 0 Å². The largest absolute Gasteiger partial charge is 0.375 e. The predicted octanol–water partition coefficient (Wildman–Crippen LogP) is 1.17. The maximum absolute atomic E-state index is 5.63. The van der Waals surface area contributed by atoms with E-state index in [1.165, 1.54) is 4.88 Å². The third-order valence-electron chi connectivity index (χ3n) is 2.59. The molecule has 1 fully saturated rings. The first-order valence-electron chi connectivity index (χ1n) is 5.48. The number of thiophene rings is 1. The van der Waals surface area contributed by atoms with E-state index in [9.17, 15) is 0 Å². The molecule has 0 spiro atoms. The lowest BCUT2D eigenvalue weighted by Crippen LogP contribution is -2.44. The van der Waals surface area contributed by atoms with E-state index < -0.39 is 0 Å². The van der Waals surface area contributed by atoms with E-state index in [4.69, 9.17) is 4.74 Å². The fourth-order valence-electron chi connectivity index (χ4n) is 1.70. The molecule has 1 aromatic rings. The first kappa shape index (κ1) is 11.1. The van der Waals surface area contributed by atoms with Gasteiger partial charge in [0.05, 0.1) is 13.2 Å². The second kappa shape index (κ2) is 6.23. The molecule has 1 aromatic heterocycles. The smallest absolute Gasteiger partial charge is 0.0809 e. The van der Waals surface area contributed by atoms with Gasteiger partial charge in [-0.05, 0) is 11.4 Å². The molecule has 1 N–H and O–H groups in total. The van der Waals surface area contributed by atoms with Crippen LogP contribution in [0.5, 0.6) is 0 Å². The van der Waals surface area contributed by atoms with Crippen molar-refractivity contribution in [3.05, 3.63) is 22.4 Å². The highest BCUT2D eigenvalue weighted by atomic mass is 32.1. The van der Waals surface area contributed by atoms with E-state index in [2.05, 4.69) is 27.7 Å². The van der Waals surface area contributed by atoms with Crippen LogP contribution in [0.4, 0.5) is 0 Å². The number of hydrogen-bond donors (Lipinski definition) is 1. The number of hydrogen-bond acceptors (Lipinski definition) is 4. The third kappa shape index (κ3) is 3.91. The van der Waals surface area contributed by atoms with Crippen LogP contribution in [-0.2, 0) is 11.3 Å². The van der Waals surface area contributed by atoms with Crippen molar-refractivity contribution in [2.24, 2.45) is 0 Å². The lowest BCUT2D eigenvalue weighted by molar-refractivity contribution is 0.0901. The van der Waals surface area contributed by atoms with Crippen LogP contribution >= 0.6 is 11.3 Å². The van der Waals surface area contributed by atoms with Crippen LogP contribution in [0, 0.1) is 0 Å². The van der Waals surface area contributed by atoms with Gasteiger partial charge in [-0.25, -0.2) is 0 Å². The standard InChI is InChI=1S/C11H18N2OS/c1-2-11(15-9-1)10-14-8-7-13-5-3-12-4-6-13/h1-2,9,12H,3-8,10H2. The van der Waals surface area contributed by atoms with Crippen LogP contribution in [0.2, 0.25) is 0 Å². The Labute approximate surface area is 95.0 Å². The molecule has 0 aliphatic carbocycles. The summed E-state index contributed by atoms with van der Waals surface area (Å²) in [7, 11) is 0. The zero-order valence-corrected chi connectivity index (χ0v) is 9.76. The molecule has 1 aliphatic rings. The van der Waals surface area contributed by atoms with Crippen molar-refractivity contribution in [1.82, 2.24) is 10.2 Å². The van der Waals surface area contributed by atoms with Gasteiger partial charge < -0.3 is 10.1 Å². The number of rotatable bonds is 5. The van der Waals surface area contributed by atoms with E-state index in [1.54, 1.807) is 11.3 Å². The SMILES string of the molecule is c1csc(COCCN2CCNCC2)c1. The Balaban J connectivity index is 1.54. The van der Waals surface area contributed by atoms with E-state index in [0.717, 1.165) is 45.9 Å². The minimum absolute atomic E-state index is 0.768. The summed E-state index contributed by atoms with van der Waals surface area (Å²) in [6.45, 7) is 7.22. The van der Waals surface area contributed by atoms with Crippen LogP contribution < -0.4 is 5.32 Å². The van der Waals surface area contributed by atoms with Crippen molar-refractivity contribution >= 4 is 11.3 Å². The molecule has 0 unspecified atom stereocenters. The minimum Gasteiger partial charge on any atom is -0.375 e. The maximum atomic E-state index is 5.63. The Bertz CT molecular complexity index is 258. The van der Waals surface area contributed by atoms with Crippen molar-refractivity contribution in [2.75, 3.05) is 39.3 Å². The van der Waals surface area contributed by atoms with Crippen molar-refractivity contribution in [2.45, 2.75) is 6.61 Å². The van der Waals surface area contributed by atoms with Crippen LogP contribution in [0.1, 0.15) is 4.88 Å². The van der Waals surface area contributed by atoms with Crippen molar-refractivity contribution in [3.8, 4) is 0 Å². The molecule has 15 heavy (non-hydrogen) atoms. The van der Waals surface area contributed by atoms with E-state index >= 15 is 0 Å². The molecule has 3 nitrogen and oxygen atoms in total. The van der Waals surface area contributed by atoms with E-state index in [1.807, 2.05) is 0 Å². The van der Waals surface area contributed by atoms with Gasteiger partial charge >= 0.3 is 0 Å². The van der Waals surface area contributed by atoms with Crippen molar-refractivity contribution < 1.29 is 4.74 Å². The average molecular weight is 226 g/mol. The summed E-state index contributed by atoms with van der Waals surface area (Å²) in [5.41, 5.74) is 0. The Morgan fingerprint density at radius 1 is 1.40 bits per heavy atom. The molecule has 2 rings (SSSR count). The Morgan fingerprint density at radius 2 is 2.27 bits per heavy atom. The minimum atomic E-state index is 0.768. The summed E-state index contributed by atoms with van der Waals surface area (Å²) in [5, 5.41) is 5.44. The Hall–Kier alpha value is -0.420. The molecule has 1 saturated heterocycles. The lowest BCUT2D eigenvalue weighted by atomic mass is 10.4. The Morgan fingerprint density at radius 3 is 3.00 bits per heavy atom. The predicted molar refractivity (Wildman–Crippen MR) is 63.3 cm³/mol. The van der Waals surface area contributed by atoms with Gasteiger partial charge in [-0.3, -0.25) is 4.90 Å². The van der Waals surface area contributed by atoms with Gasteiger partial charge in [0.1, 0.15) is 0 Å². The molecule has 0 radical (unpaired) electrons. The molecule has 84 valence electrons. The molecule has 0 amide bonds. The first-order valence-corrected chi connectivity index (χ1v) is 6.36. The summed E-state index contributed by atoms with van der Waals surface area (Å²) in [6.07, 6.45) is 0. The molecule has 4 heteroatoms. The van der Waals surface area contributed by atoms with Gasteiger partial charge in [0.2, 0.25) is 0 Å². The molecule has 0 bridgehead atoms. The summed E-state index contributed by atoms with van der Waals surface area (Å²) in [6, 6.07) is 4.19. The van der Waals surface area contributed by atoms with Gasteiger partial charge in [-0.2, -0.15) is 0 Å². The third-order valence-corrected chi connectivity index (χ3v) is 3.44. The average Bonchev–Trinajstić information content (AvgIpc) is 2.79. The zero-order valence-electron chi connectivity index (χ0n) is 8.95. The van der Waals surface area contributed by atoms with Crippen LogP contribution in [0.25, 0.3) is 0 Å². The number of nitrogens with one attached hydrogen (secondary N) is 1. The second-order valence-corrected chi connectivity index (χ2v) is 4.76. The molecular weight excluding hydrogens is 208 g/mol. The molecule has 2 heterocycles. The molecule has 0 aromatic carbocycles. The van der Waals surface area contributed by atoms with Gasteiger partial charge in [0.25, 0.3) is 0 Å². The highest BCUT2D eigenvalue weighted by Gasteiger charge is 2.08.